The molecule has 0 radical (unpaired) electrons. The van der Waals surface area contributed by atoms with Gasteiger partial charge in [0.05, 0.1) is 12.3 Å². The van der Waals surface area contributed by atoms with Gasteiger partial charge in [-0.2, -0.15) is 0 Å². The summed E-state index contributed by atoms with van der Waals surface area (Å²) in [6, 6.07) is 10.5. The van der Waals surface area contributed by atoms with Crippen LogP contribution in [0, 0.1) is 13.8 Å². The van der Waals surface area contributed by atoms with Crippen LogP contribution in [0.25, 0.3) is 0 Å². The van der Waals surface area contributed by atoms with Crippen LogP contribution in [0.3, 0.4) is 0 Å². The maximum atomic E-state index is 12.7. The van der Waals surface area contributed by atoms with Crippen LogP contribution in [0.1, 0.15) is 21.5 Å². The van der Waals surface area contributed by atoms with E-state index in [0.717, 1.165) is 11.1 Å². The Kier molecular flexibility index (Phi) is 7.25. The lowest BCUT2D eigenvalue weighted by atomic mass is 10.1. The molecule has 0 bridgehead atoms. The molecule has 0 atom stereocenters. The number of hydrogen-bond donors (Lipinski definition) is 1. The van der Waals surface area contributed by atoms with Crippen molar-refractivity contribution in [1.29, 1.82) is 0 Å². The van der Waals surface area contributed by atoms with E-state index in [0.29, 0.717) is 35.9 Å². The lowest BCUT2D eigenvalue weighted by molar-refractivity contribution is -0.125. The van der Waals surface area contributed by atoms with Crippen molar-refractivity contribution in [3.63, 3.8) is 0 Å². The average Bonchev–Trinajstić information content (AvgIpc) is 2.76. The third-order valence-electron chi connectivity index (χ3n) is 5.07. The fourth-order valence-electron chi connectivity index (χ4n) is 3.15. The zero-order valence-corrected chi connectivity index (χ0v) is 17.9. The first-order valence-electron chi connectivity index (χ1n) is 9.95. The summed E-state index contributed by atoms with van der Waals surface area (Å²) in [5.41, 5.74) is 2.81. The van der Waals surface area contributed by atoms with Crippen molar-refractivity contribution in [2.24, 2.45) is 0 Å². The minimum atomic E-state index is -0.356. The highest BCUT2D eigenvalue weighted by molar-refractivity contribution is 6.04. The summed E-state index contributed by atoms with van der Waals surface area (Å²) >= 11 is 0. The fraction of sp³-hybridized carbons (Fsp3) is 0.348. The molecule has 0 spiro atoms. The topological polar surface area (TPSA) is 94.2 Å². The molecule has 1 aliphatic heterocycles. The van der Waals surface area contributed by atoms with Crippen molar-refractivity contribution in [3.8, 4) is 11.5 Å². The van der Waals surface area contributed by atoms with Crippen LogP contribution >= 0.6 is 0 Å². The maximum absolute atomic E-state index is 12.7. The van der Waals surface area contributed by atoms with Crippen LogP contribution < -0.4 is 19.7 Å². The van der Waals surface area contributed by atoms with Gasteiger partial charge in [-0.1, -0.05) is 12.1 Å². The highest BCUT2D eigenvalue weighted by atomic mass is 16.5. The Balaban J connectivity index is 1.73. The summed E-state index contributed by atoms with van der Waals surface area (Å²) in [6.07, 6.45) is 0. The van der Waals surface area contributed by atoms with Gasteiger partial charge in [0.1, 0.15) is 18.0 Å². The predicted octanol–water partition coefficient (Wildman–Crippen LogP) is 2.05. The molecule has 0 unspecified atom stereocenters. The third-order valence-corrected chi connectivity index (χ3v) is 5.07. The van der Waals surface area contributed by atoms with E-state index in [1.807, 2.05) is 32.0 Å². The third kappa shape index (κ3) is 5.40. The second-order valence-corrected chi connectivity index (χ2v) is 7.20. The number of rotatable bonds is 9. The largest absolute Gasteiger partial charge is 0.485 e. The van der Waals surface area contributed by atoms with Gasteiger partial charge >= 0.3 is 0 Å². The number of benzene rings is 2. The highest BCUT2D eigenvalue weighted by Gasteiger charge is 2.28. The van der Waals surface area contributed by atoms with Crippen molar-refractivity contribution < 1.29 is 28.6 Å². The van der Waals surface area contributed by atoms with Gasteiger partial charge in [-0.25, -0.2) is 0 Å². The van der Waals surface area contributed by atoms with Gasteiger partial charge in [-0.15, -0.1) is 0 Å². The molecule has 0 fully saturated rings. The Labute approximate surface area is 181 Å². The Morgan fingerprint density at radius 1 is 1.19 bits per heavy atom. The number of methoxy groups -OCH3 is 1. The summed E-state index contributed by atoms with van der Waals surface area (Å²) in [4.78, 5) is 38.6. The number of amides is 2. The van der Waals surface area contributed by atoms with E-state index >= 15 is 0 Å². The number of ketones is 1. The number of Topliss-reactive ketones (excluding diaryl/α,β-unsaturated/α-hetero) is 1. The number of carbonyl (C=O) groups excluding carboxylic acids is 3. The average molecular weight is 426 g/mol. The highest BCUT2D eigenvalue weighted by Crippen LogP contribution is 2.33. The molecule has 164 valence electrons. The monoisotopic (exact) mass is 426 g/mol. The van der Waals surface area contributed by atoms with E-state index in [-0.39, 0.29) is 37.4 Å². The van der Waals surface area contributed by atoms with Crippen LogP contribution in [0.5, 0.6) is 11.5 Å². The van der Waals surface area contributed by atoms with E-state index in [1.54, 1.807) is 18.2 Å². The van der Waals surface area contributed by atoms with Crippen LogP contribution in [0.4, 0.5) is 5.69 Å². The van der Waals surface area contributed by atoms with Crippen molar-refractivity contribution in [2.45, 2.75) is 13.8 Å². The van der Waals surface area contributed by atoms with Gasteiger partial charge in [0.2, 0.25) is 5.91 Å². The Hall–Kier alpha value is -3.39. The number of nitrogens with one attached hydrogen (secondary N) is 1. The summed E-state index contributed by atoms with van der Waals surface area (Å²) in [5.74, 6) is 0.167. The molecule has 8 heteroatoms. The molecule has 0 saturated heterocycles. The lowest BCUT2D eigenvalue weighted by Crippen LogP contribution is -2.45. The van der Waals surface area contributed by atoms with Crippen LogP contribution in [0.15, 0.2) is 36.4 Å². The van der Waals surface area contributed by atoms with Crippen LogP contribution in [-0.2, 0) is 14.3 Å². The van der Waals surface area contributed by atoms with Gasteiger partial charge < -0.3 is 19.5 Å². The number of anilines is 1. The molecule has 0 aromatic heterocycles. The smallest absolute Gasteiger partial charge is 0.265 e. The Bertz CT molecular complexity index is 988. The molecule has 2 aromatic carbocycles. The number of carbonyl (C=O) groups is 3. The zero-order valence-electron chi connectivity index (χ0n) is 17.9. The minimum Gasteiger partial charge on any atom is -0.485 e. The molecule has 3 rings (SSSR count). The lowest BCUT2D eigenvalue weighted by Gasteiger charge is -2.29. The van der Waals surface area contributed by atoms with E-state index in [1.165, 1.54) is 12.0 Å². The first-order chi connectivity index (χ1) is 14.9. The molecule has 8 nitrogen and oxygen atoms in total. The SMILES string of the molecule is COCCNC(=O)CN1C(=O)COc2ccc(C(=O)COc3cccc(C)c3C)cc21. The molecule has 1 heterocycles. The van der Waals surface area contributed by atoms with Crippen LogP contribution in [0.2, 0.25) is 0 Å². The molecule has 31 heavy (non-hydrogen) atoms. The summed E-state index contributed by atoms with van der Waals surface area (Å²) in [7, 11) is 1.54. The van der Waals surface area contributed by atoms with E-state index in [2.05, 4.69) is 5.32 Å². The van der Waals surface area contributed by atoms with Crippen molar-refractivity contribution in [1.82, 2.24) is 5.32 Å². The number of fused-ring (bicyclic) bond motifs is 1. The zero-order chi connectivity index (χ0) is 22.4. The molecule has 2 amide bonds. The predicted molar refractivity (Wildman–Crippen MR) is 115 cm³/mol. The molecule has 1 N–H and O–H groups in total. The molecular weight excluding hydrogens is 400 g/mol. The second kappa shape index (κ2) is 10.1. The van der Waals surface area contributed by atoms with E-state index < -0.39 is 0 Å². The van der Waals surface area contributed by atoms with Crippen molar-refractivity contribution >= 4 is 23.3 Å². The summed E-state index contributed by atoms with van der Waals surface area (Å²) in [5, 5.41) is 2.68. The Morgan fingerprint density at radius 3 is 2.77 bits per heavy atom. The van der Waals surface area contributed by atoms with Gasteiger partial charge in [0.15, 0.2) is 19.0 Å². The summed E-state index contributed by atoms with van der Waals surface area (Å²) in [6.45, 7) is 4.15. The molecule has 2 aromatic rings. The van der Waals surface area contributed by atoms with Crippen molar-refractivity contribution in [2.75, 3.05) is 44.9 Å². The van der Waals surface area contributed by atoms with Crippen molar-refractivity contribution in [3.05, 3.63) is 53.1 Å². The van der Waals surface area contributed by atoms with Gasteiger partial charge in [-0.05, 0) is 49.2 Å². The number of hydrogen-bond acceptors (Lipinski definition) is 6. The first-order valence-corrected chi connectivity index (χ1v) is 9.95. The number of ether oxygens (including phenoxy) is 3. The van der Waals surface area contributed by atoms with Crippen LogP contribution in [-0.4, -0.2) is 57.6 Å². The summed E-state index contributed by atoms with van der Waals surface area (Å²) < 4.78 is 16.1. The van der Waals surface area contributed by atoms with E-state index in [9.17, 15) is 14.4 Å². The normalized spacial score (nSPS) is 12.7. The first kappa shape index (κ1) is 22.3. The van der Waals surface area contributed by atoms with Gasteiger partial charge in [0, 0.05) is 19.2 Å². The quantitative estimate of drug-likeness (QED) is 0.487. The molecule has 0 saturated carbocycles. The van der Waals surface area contributed by atoms with E-state index in [4.69, 9.17) is 14.2 Å². The minimum absolute atomic E-state index is 0.143. The maximum Gasteiger partial charge on any atom is 0.265 e. The Morgan fingerprint density at radius 2 is 2.00 bits per heavy atom. The number of nitrogens with zero attached hydrogens (tertiary/aromatic N) is 1. The fourth-order valence-corrected chi connectivity index (χ4v) is 3.15. The van der Waals surface area contributed by atoms with Gasteiger partial charge in [-0.3, -0.25) is 19.3 Å². The van der Waals surface area contributed by atoms with Gasteiger partial charge in [0.25, 0.3) is 5.91 Å². The molecular formula is C23H26N2O6. The number of aryl methyl sites for hydroxylation is 1. The second-order valence-electron chi connectivity index (χ2n) is 7.20. The molecule has 0 aliphatic carbocycles. The standard InChI is InChI=1S/C23H26N2O6/c1-15-5-4-6-20(16(15)2)30-13-19(26)17-7-8-21-18(11-17)25(23(28)14-31-21)12-22(27)24-9-10-29-3/h4-8,11H,9-10,12-14H2,1-3H3,(H,24,27). The molecule has 1 aliphatic rings.